The van der Waals surface area contributed by atoms with Crippen molar-refractivity contribution in [1.82, 2.24) is 5.32 Å². The SMILES string of the molecule is COC(=O)CCNC1CCN(c2cccc(C3=Cc4ccccc4C3)c2)CC1. The summed E-state index contributed by atoms with van der Waals surface area (Å²) in [6, 6.07) is 18.1. The predicted octanol–water partition coefficient (Wildman–Crippen LogP) is 3.90. The van der Waals surface area contributed by atoms with Gasteiger partial charge in [-0.1, -0.05) is 42.5 Å². The molecule has 1 aliphatic carbocycles. The molecule has 1 aliphatic heterocycles. The number of carbonyl (C=O) groups excluding carboxylic acids is 1. The van der Waals surface area contributed by atoms with Gasteiger partial charge in [-0.15, -0.1) is 0 Å². The molecule has 2 aromatic carbocycles. The number of fused-ring (bicyclic) bond motifs is 1. The van der Waals surface area contributed by atoms with Crippen LogP contribution in [-0.2, 0) is 16.0 Å². The molecule has 0 aromatic heterocycles. The quantitative estimate of drug-likeness (QED) is 0.777. The number of benzene rings is 2. The van der Waals surface area contributed by atoms with Gasteiger partial charge in [0.2, 0.25) is 0 Å². The van der Waals surface area contributed by atoms with Crippen LogP contribution in [0, 0.1) is 0 Å². The number of ether oxygens (including phenoxy) is 1. The number of nitrogens with one attached hydrogen (secondary N) is 1. The zero-order chi connectivity index (χ0) is 19.3. The minimum atomic E-state index is -0.148. The Bertz CT molecular complexity index is 866. The molecule has 4 nitrogen and oxygen atoms in total. The van der Waals surface area contributed by atoms with Gasteiger partial charge in [-0.3, -0.25) is 4.79 Å². The lowest BCUT2D eigenvalue weighted by Crippen LogP contribution is -2.43. The Balaban J connectivity index is 1.34. The average molecular weight is 377 g/mol. The van der Waals surface area contributed by atoms with Crippen LogP contribution in [0.25, 0.3) is 11.6 Å². The summed E-state index contributed by atoms with van der Waals surface area (Å²) in [6.45, 7) is 2.78. The highest BCUT2D eigenvalue weighted by Crippen LogP contribution is 2.33. The van der Waals surface area contributed by atoms with Crippen molar-refractivity contribution in [2.24, 2.45) is 0 Å². The molecule has 0 atom stereocenters. The minimum absolute atomic E-state index is 0.148. The van der Waals surface area contributed by atoms with E-state index < -0.39 is 0 Å². The third kappa shape index (κ3) is 4.28. The molecule has 0 radical (unpaired) electrons. The first-order valence-electron chi connectivity index (χ1n) is 10.2. The number of esters is 1. The molecule has 4 heteroatoms. The molecule has 2 aromatic rings. The van der Waals surface area contributed by atoms with Crippen LogP contribution in [0.1, 0.15) is 36.0 Å². The van der Waals surface area contributed by atoms with Crippen LogP contribution in [-0.4, -0.2) is 38.8 Å². The third-order valence-corrected chi connectivity index (χ3v) is 5.83. The zero-order valence-electron chi connectivity index (χ0n) is 16.5. The van der Waals surface area contributed by atoms with E-state index in [1.54, 1.807) is 0 Å². The second-order valence-electron chi connectivity index (χ2n) is 7.64. The van der Waals surface area contributed by atoms with Gasteiger partial charge in [0, 0.05) is 31.4 Å². The fourth-order valence-corrected chi connectivity index (χ4v) is 4.19. The Hall–Kier alpha value is -2.59. The van der Waals surface area contributed by atoms with Crippen molar-refractivity contribution in [2.45, 2.75) is 31.7 Å². The van der Waals surface area contributed by atoms with E-state index in [0.29, 0.717) is 19.0 Å². The number of hydrogen-bond acceptors (Lipinski definition) is 4. The standard InChI is InChI=1S/C24H28N2O2/c1-28-24(27)9-12-25-22-10-13-26(14-11-22)23-8-4-7-20(17-23)21-15-18-5-2-3-6-19(18)16-21/h2-8,15,17,22,25H,9-14,16H2,1H3. The summed E-state index contributed by atoms with van der Waals surface area (Å²) in [7, 11) is 1.44. The second kappa shape index (κ2) is 8.61. The highest BCUT2D eigenvalue weighted by Gasteiger charge is 2.20. The van der Waals surface area contributed by atoms with Crippen LogP contribution < -0.4 is 10.2 Å². The summed E-state index contributed by atoms with van der Waals surface area (Å²) < 4.78 is 4.70. The van der Waals surface area contributed by atoms with Gasteiger partial charge in [-0.05, 0) is 53.7 Å². The van der Waals surface area contributed by atoms with Gasteiger partial charge in [0.05, 0.1) is 13.5 Å². The van der Waals surface area contributed by atoms with Gasteiger partial charge in [-0.25, -0.2) is 0 Å². The van der Waals surface area contributed by atoms with Crippen molar-refractivity contribution in [3.05, 3.63) is 65.2 Å². The van der Waals surface area contributed by atoms with E-state index in [1.807, 2.05) is 0 Å². The summed E-state index contributed by atoms with van der Waals surface area (Å²) in [6.07, 6.45) is 5.98. The molecule has 0 bridgehead atoms. The van der Waals surface area contributed by atoms with Gasteiger partial charge in [0.1, 0.15) is 0 Å². The maximum Gasteiger partial charge on any atom is 0.306 e. The van der Waals surface area contributed by atoms with Crippen LogP contribution in [0.5, 0.6) is 0 Å². The Kier molecular flexibility index (Phi) is 5.77. The minimum Gasteiger partial charge on any atom is -0.469 e. The number of methoxy groups -OCH3 is 1. The van der Waals surface area contributed by atoms with E-state index in [-0.39, 0.29) is 5.97 Å². The average Bonchev–Trinajstić information content (AvgIpc) is 3.18. The molecular formula is C24H28N2O2. The van der Waals surface area contributed by atoms with Crippen LogP contribution in [0.3, 0.4) is 0 Å². The molecule has 0 saturated carbocycles. The summed E-state index contributed by atoms with van der Waals surface area (Å²) in [5.74, 6) is -0.148. The van der Waals surface area contributed by atoms with E-state index in [4.69, 9.17) is 4.74 Å². The maximum absolute atomic E-state index is 11.2. The lowest BCUT2D eigenvalue weighted by Gasteiger charge is -2.34. The van der Waals surface area contributed by atoms with E-state index in [0.717, 1.165) is 32.4 Å². The lowest BCUT2D eigenvalue weighted by molar-refractivity contribution is -0.140. The largest absolute Gasteiger partial charge is 0.469 e. The molecule has 1 fully saturated rings. The van der Waals surface area contributed by atoms with Crippen LogP contribution in [0.4, 0.5) is 5.69 Å². The van der Waals surface area contributed by atoms with E-state index in [2.05, 4.69) is 64.8 Å². The summed E-state index contributed by atoms with van der Waals surface area (Å²) >= 11 is 0. The van der Waals surface area contributed by atoms with Gasteiger partial charge < -0.3 is 15.0 Å². The third-order valence-electron chi connectivity index (χ3n) is 5.83. The van der Waals surface area contributed by atoms with Crippen molar-refractivity contribution in [3.63, 3.8) is 0 Å². The number of anilines is 1. The van der Waals surface area contributed by atoms with Gasteiger partial charge in [0.15, 0.2) is 0 Å². The van der Waals surface area contributed by atoms with E-state index in [1.165, 1.54) is 35.1 Å². The van der Waals surface area contributed by atoms with Gasteiger partial charge in [0.25, 0.3) is 0 Å². The molecule has 1 N–H and O–H groups in total. The molecule has 1 heterocycles. The molecule has 0 unspecified atom stereocenters. The highest BCUT2D eigenvalue weighted by atomic mass is 16.5. The second-order valence-corrected chi connectivity index (χ2v) is 7.64. The van der Waals surface area contributed by atoms with Crippen molar-refractivity contribution in [2.75, 3.05) is 31.6 Å². The predicted molar refractivity (Wildman–Crippen MR) is 114 cm³/mol. The summed E-state index contributed by atoms with van der Waals surface area (Å²) in [5, 5.41) is 3.49. The number of allylic oxidation sites excluding steroid dienone is 1. The maximum atomic E-state index is 11.2. The Labute approximate surface area is 167 Å². The van der Waals surface area contributed by atoms with Crippen LogP contribution in [0.2, 0.25) is 0 Å². The molecule has 4 rings (SSSR count). The van der Waals surface area contributed by atoms with Crippen LogP contribution >= 0.6 is 0 Å². The lowest BCUT2D eigenvalue weighted by atomic mass is 10.0. The van der Waals surface area contributed by atoms with Crippen molar-refractivity contribution < 1.29 is 9.53 Å². The number of nitrogens with zero attached hydrogens (tertiary/aromatic N) is 1. The molecule has 1 saturated heterocycles. The smallest absolute Gasteiger partial charge is 0.306 e. The van der Waals surface area contributed by atoms with Crippen molar-refractivity contribution in [3.8, 4) is 0 Å². The Morgan fingerprint density at radius 1 is 1.14 bits per heavy atom. The number of carbonyl (C=O) groups is 1. The van der Waals surface area contributed by atoms with Crippen LogP contribution in [0.15, 0.2) is 48.5 Å². The van der Waals surface area contributed by atoms with Gasteiger partial charge >= 0.3 is 5.97 Å². The summed E-state index contributed by atoms with van der Waals surface area (Å²) in [5.41, 5.74) is 6.81. The molecular weight excluding hydrogens is 348 g/mol. The number of hydrogen-bond donors (Lipinski definition) is 1. The molecule has 28 heavy (non-hydrogen) atoms. The molecule has 0 spiro atoms. The molecule has 2 aliphatic rings. The molecule has 0 amide bonds. The Morgan fingerprint density at radius 2 is 1.96 bits per heavy atom. The van der Waals surface area contributed by atoms with Gasteiger partial charge in [-0.2, -0.15) is 0 Å². The van der Waals surface area contributed by atoms with E-state index in [9.17, 15) is 4.79 Å². The first-order chi connectivity index (χ1) is 13.7. The fraction of sp³-hybridized carbons (Fsp3) is 0.375. The normalized spacial score (nSPS) is 16.6. The van der Waals surface area contributed by atoms with Crippen molar-refractivity contribution in [1.29, 1.82) is 0 Å². The first-order valence-corrected chi connectivity index (χ1v) is 10.2. The van der Waals surface area contributed by atoms with Crippen molar-refractivity contribution >= 4 is 23.3 Å². The first kappa shape index (κ1) is 18.8. The highest BCUT2D eigenvalue weighted by molar-refractivity contribution is 5.89. The zero-order valence-corrected chi connectivity index (χ0v) is 16.5. The number of piperidine rings is 1. The number of rotatable bonds is 6. The Morgan fingerprint density at radius 3 is 2.75 bits per heavy atom. The molecule has 146 valence electrons. The fourth-order valence-electron chi connectivity index (χ4n) is 4.19. The topological polar surface area (TPSA) is 41.6 Å². The monoisotopic (exact) mass is 376 g/mol. The summed E-state index contributed by atoms with van der Waals surface area (Å²) in [4.78, 5) is 13.7. The van der Waals surface area contributed by atoms with E-state index >= 15 is 0 Å².